The van der Waals surface area contributed by atoms with Gasteiger partial charge in [-0.25, -0.2) is 14.5 Å². The topological polar surface area (TPSA) is 103 Å². The molecule has 8 nitrogen and oxygen atoms in total. The number of nitrogens with zero attached hydrogens (tertiary/aromatic N) is 3. The lowest BCUT2D eigenvalue weighted by Crippen LogP contribution is -2.14. The molecule has 0 saturated heterocycles. The van der Waals surface area contributed by atoms with Crippen molar-refractivity contribution in [3.05, 3.63) is 72.3 Å². The molecule has 0 aliphatic rings. The minimum absolute atomic E-state index is 0.108. The number of carbonyl (C=O) groups is 3. The smallest absolute Gasteiger partial charge is 0.338 e. The molecule has 3 rings (SSSR count). The van der Waals surface area contributed by atoms with Crippen molar-refractivity contribution in [2.45, 2.75) is 13.3 Å². The number of Topliss-reactive ketones (excluding diaryl/α,β-unsaturated/α-hetero) is 1. The number of ether oxygens (including phenoxy) is 1. The highest BCUT2D eigenvalue weighted by Crippen LogP contribution is 2.12. The molecule has 8 heteroatoms. The molecule has 28 heavy (non-hydrogen) atoms. The largest absolute Gasteiger partial charge is 0.454 e. The summed E-state index contributed by atoms with van der Waals surface area (Å²) in [7, 11) is 0. The second-order valence-electron chi connectivity index (χ2n) is 5.87. The van der Waals surface area contributed by atoms with Crippen molar-refractivity contribution in [1.82, 2.24) is 14.8 Å². The fraction of sp³-hybridized carbons (Fsp3) is 0.150. The molecule has 1 aromatic heterocycles. The Kier molecular flexibility index (Phi) is 5.91. The van der Waals surface area contributed by atoms with Crippen molar-refractivity contribution in [3.63, 3.8) is 0 Å². The summed E-state index contributed by atoms with van der Waals surface area (Å²) in [6, 6.07) is 13.0. The number of hydrogen-bond donors (Lipinski definition) is 1. The maximum Gasteiger partial charge on any atom is 0.338 e. The Balaban J connectivity index is 1.55. The molecular weight excluding hydrogens is 360 g/mol. The highest BCUT2D eigenvalue weighted by molar-refractivity contribution is 6.00. The van der Waals surface area contributed by atoms with Crippen LogP contribution in [0.3, 0.4) is 0 Å². The molecule has 0 saturated carbocycles. The van der Waals surface area contributed by atoms with E-state index in [1.807, 2.05) is 0 Å². The second kappa shape index (κ2) is 8.72. The normalized spacial score (nSPS) is 10.3. The van der Waals surface area contributed by atoms with Crippen molar-refractivity contribution in [2.24, 2.45) is 0 Å². The molecule has 0 atom stereocenters. The van der Waals surface area contributed by atoms with Crippen molar-refractivity contribution >= 4 is 23.3 Å². The number of nitrogens with one attached hydrogen (secondary N) is 1. The van der Waals surface area contributed by atoms with Gasteiger partial charge in [0.25, 0.3) is 0 Å². The van der Waals surface area contributed by atoms with Gasteiger partial charge in [0.1, 0.15) is 12.7 Å². The number of anilines is 1. The minimum Gasteiger partial charge on any atom is -0.454 e. The molecule has 0 bridgehead atoms. The lowest BCUT2D eigenvalue weighted by Gasteiger charge is -2.07. The van der Waals surface area contributed by atoms with Crippen LogP contribution < -0.4 is 5.32 Å². The SMILES string of the molecule is CCC(=O)Nc1ccc(C(=O)COC(=O)c2ccc(-n3cncn3)cc2)cc1. The number of amides is 1. The average molecular weight is 378 g/mol. The summed E-state index contributed by atoms with van der Waals surface area (Å²) in [4.78, 5) is 39.5. The van der Waals surface area contributed by atoms with Crippen molar-refractivity contribution < 1.29 is 19.1 Å². The van der Waals surface area contributed by atoms with Gasteiger partial charge in [0, 0.05) is 17.7 Å². The van der Waals surface area contributed by atoms with Crippen molar-refractivity contribution in [3.8, 4) is 5.69 Å². The molecule has 0 spiro atoms. The standard InChI is InChI=1S/C20H18N4O4/c1-2-19(26)23-16-7-3-14(4-8-16)18(25)11-28-20(27)15-5-9-17(10-6-15)24-13-21-12-22-24/h3-10,12-13H,2,11H2,1H3,(H,23,26). The Morgan fingerprint density at radius 2 is 1.68 bits per heavy atom. The quantitative estimate of drug-likeness (QED) is 0.501. The number of carbonyl (C=O) groups excluding carboxylic acids is 3. The van der Waals surface area contributed by atoms with E-state index in [-0.39, 0.29) is 18.3 Å². The van der Waals surface area contributed by atoms with Crippen LogP contribution in [0, 0.1) is 0 Å². The van der Waals surface area contributed by atoms with E-state index in [1.165, 1.54) is 6.33 Å². The molecule has 0 radical (unpaired) electrons. The molecule has 0 aliphatic carbocycles. The Morgan fingerprint density at radius 3 is 2.29 bits per heavy atom. The molecule has 1 amide bonds. The van der Waals surface area contributed by atoms with E-state index in [9.17, 15) is 14.4 Å². The lowest BCUT2D eigenvalue weighted by molar-refractivity contribution is -0.115. The first kappa shape index (κ1) is 19.0. The zero-order chi connectivity index (χ0) is 19.9. The third-order valence-corrected chi connectivity index (χ3v) is 3.93. The summed E-state index contributed by atoms with van der Waals surface area (Å²) in [6.07, 6.45) is 3.33. The van der Waals surface area contributed by atoms with Crippen LogP contribution in [-0.2, 0) is 9.53 Å². The lowest BCUT2D eigenvalue weighted by atomic mass is 10.1. The summed E-state index contributed by atoms with van der Waals surface area (Å²) in [5, 5.41) is 6.70. The monoisotopic (exact) mass is 378 g/mol. The molecule has 1 N–H and O–H groups in total. The highest BCUT2D eigenvalue weighted by atomic mass is 16.5. The summed E-state index contributed by atoms with van der Waals surface area (Å²) in [6.45, 7) is 1.38. The van der Waals surface area contributed by atoms with E-state index in [0.29, 0.717) is 23.2 Å². The van der Waals surface area contributed by atoms with Gasteiger partial charge in [-0.05, 0) is 48.5 Å². The van der Waals surface area contributed by atoms with Gasteiger partial charge >= 0.3 is 5.97 Å². The van der Waals surface area contributed by atoms with Crippen LogP contribution in [0.2, 0.25) is 0 Å². The van der Waals surface area contributed by atoms with Crippen LogP contribution >= 0.6 is 0 Å². The fourth-order valence-corrected chi connectivity index (χ4v) is 2.38. The molecular formula is C20H18N4O4. The number of ketones is 1. The predicted molar refractivity (Wildman–Crippen MR) is 101 cm³/mol. The van der Waals surface area contributed by atoms with Crippen LogP contribution in [0.4, 0.5) is 5.69 Å². The molecule has 3 aromatic rings. The molecule has 0 fully saturated rings. The van der Waals surface area contributed by atoms with E-state index < -0.39 is 5.97 Å². The summed E-state index contributed by atoms with van der Waals surface area (Å²) >= 11 is 0. The zero-order valence-electron chi connectivity index (χ0n) is 15.2. The second-order valence-corrected chi connectivity index (χ2v) is 5.87. The number of hydrogen-bond acceptors (Lipinski definition) is 6. The van der Waals surface area contributed by atoms with Crippen LogP contribution in [0.25, 0.3) is 5.69 Å². The van der Waals surface area contributed by atoms with Crippen LogP contribution in [0.5, 0.6) is 0 Å². The average Bonchev–Trinajstić information content (AvgIpc) is 3.27. The Bertz CT molecular complexity index is 964. The number of aromatic nitrogens is 3. The van der Waals surface area contributed by atoms with E-state index >= 15 is 0 Å². The maximum atomic E-state index is 12.2. The van der Waals surface area contributed by atoms with Gasteiger partial charge in [-0.3, -0.25) is 9.59 Å². The third kappa shape index (κ3) is 4.67. The van der Waals surface area contributed by atoms with Crippen LogP contribution in [-0.4, -0.2) is 39.0 Å². The van der Waals surface area contributed by atoms with E-state index in [1.54, 1.807) is 66.5 Å². The van der Waals surface area contributed by atoms with E-state index in [0.717, 1.165) is 5.69 Å². The van der Waals surface area contributed by atoms with Crippen molar-refractivity contribution in [1.29, 1.82) is 0 Å². The van der Waals surface area contributed by atoms with E-state index in [2.05, 4.69) is 15.4 Å². The first-order chi connectivity index (χ1) is 13.6. The van der Waals surface area contributed by atoms with Gasteiger partial charge < -0.3 is 10.1 Å². The molecule has 1 heterocycles. The van der Waals surface area contributed by atoms with Gasteiger partial charge in [0.2, 0.25) is 5.91 Å². The third-order valence-electron chi connectivity index (χ3n) is 3.93. The number of esters is 1. The van der Waals surface area contributed by atoms with Gasteiger partial charge in [0.05, 0.1) is 11.3 Å². The molecule has 0 unspecified atom stereocenters. The zero-order valence-corrected chi connectivity index (χ0v) is 15.2. The highest BCUT2D eigenvalue weighted by Gasteiger charge is 2.12. The van der Waals surface area contributed by atoms with Gasteiger partial charge in [-0.15, -0.1) is 0 Å². The maximum absolute atomic E-state index is 12.2. The summed E-state index contributed by atoms with van der Waals surface area (Å²) < 4.78 is 6.65. The fourth-order valence-electron chi connectivity index (χ4n) is 2.38. The Morgan fingerprint density at radius 1 is 1.00 bits per heavy atom. The first-order valence-corrected chi connectivity index (χ1v) is 8.62. The van der Waals surface area contributed by atoms with E-state index in [4.69, 9.17) is 4.74 Å². The van der Waals surface area contributed by atoms with Gasteiger partial charge in [-0.2, -0.15) is 5.10 Å². The summed E-state index contributed by atoms with van der Waals surface area (Å²) in [5.41, 5.74) is 2.08. The van der Waals surface area contributed by atoms with Crippen molar-refractivity contribution in [2.75, 3.05) is 11.9 Å². The van der Waals surface area contributed by atoms with Crippen LogP contribution in [0.15, 0.2) is 61.2 Å². The first-order valence-electron chi connectivity index (χ1n) is 8.62. The predicted octanol–water partition coefficient (Wildman–Crippen LogP) is 2.66. The number of benzene rings is 2. The van der Waals surface area contributed by atoms with Gasteiger partial charge in [-0.1, -0.05) is 6.92 Å². The summed E-state index contributed by atoms with van der Waals surface area (Å²) in [5.74, 6) is -1.03. The molecule has 142 valence electrons. The Labute approximate surface area is 161 Å². The van der Waals surface area contributed by atoms with Crippen LogP contribution in [0.1, 0.15) is 34.1 Å². The number of rotatable bonds is 7. The molecule has 2 aromatic carbocycles. The van der Waals surface area contributed by atoms with Gasteiger partial charge in [0.15, 0.2) is 12.4 Å². The Hall–Kier alpha value is -3.81. The molecule has 0 aliphatic heterocycles. The minimum atomic E-state index is -0.592.